The summed E-state index contributed by atoms with van der Waals surface area (Å²) in [5.41, 5.74) is 4.29. The number of likely N-dealkylation sites (tertiary alicyclic amines) is 1. The fourth-order valence-electron chi connectivity index (χ4n) is 3.90. The summed E-state index contributed by atoms with van der Waals surface area (Å²) in [6.07, 6.45) is 6.40. The third-order valence-electron chi connectivity index (χ3n) is 5.08. The molecule has 0 radical (unpaired) electrons. The van der Waals surface area contributed by atoms with Crippen LogP contribution in [0.25, 0.3) is 0 Å². The molecule has 0 bridgehead atoms. The van der Waals surface area contributed by atoms with Crippen LogP contribution in [0.15, 0.2) is 36.7 Å². The lowest BCUT2D eigenvalue weighted by atomic mass is 9.94. The minimum absolute atomic E-state index is 0.437. The largest absolute Gasteiger partial charge is 0.309 e. The third-order valence-corrected chi connectivity index (χ3v) is 5.08. The van der Waals surface area contributed by atoms with Gasteiger partial charge in [0.25, 0.3) is 0 Å². The van der Waals surface area contributed by atoms with E-state index in [1.165, 1.54) is 18.4 Å². The molecule has 0 unspecified atom stereocenters. The van der Waals surface area contributed by atoms with E-state index >= 15 is 0 Å². The summed E-state index contributed by atoms with van der Waals surface area (Å²) in [6, 6.07) is 8.13. The average molecular weight is 377 g/mol. The molecule has 4 heterocycles. The predicted molar refractivity (Wildman–Crippen MR) is 109 cm³/mol. The molecule has 1 atom stereocenters. The van der Waals surface area contributed by atoms with E-state index in [0.717, 1.165) is 42.5 Å². The molecule has 0 saturated carbocycles. The number of hydrogen-bond acceptors (Lipinski definition) is 6. The van der Waals surface area contributed by atoms with Gasteiger partial charge in [0.2, 0.25) is 5.95 Å². The minimum atomic E-state index is 0.437. The molecule has 28 heavy (non-hydrogen) atoms. The Morgan fingerprint density at radius 1 is 1.14 bits per heavy atom. The molecule has 0 amide bonds. The molecule has 1 fully saturated rings. The molecule has 7 nitrogen and oxygen atoms in total. The quantitative estimate of drug-likeness (QED) is 0.735. The number of piperidine rings is 1. The van der Waals surface area contributed by atoms with Crippen molar-refractivity contribution in [3.05, 3.63) is 59.3 Å². The van der Waals surface area contributed by atoms with Crippen LogP contribution in [0.2, 0.25) is 0 Å². The first kappa shape index (κ1) is 18.6. The highest BCUT2D eigenvalue weighted by molar-refractivity contribution is 5.48. The van der Waals surface area contributed by atoms with Gasteiger partial charge in [-0.1, -0.05) is 6.07 Å². The SMILES string of the molecule is Cc1cc(C)nc(Nc2cccc([C@H]3CCCN(Cc4cnn(C)c4)C3)n2)n1. The van der Waals surface area contributed by atoms with Crippen LogP contribution in [0.5, 0.6) is 0 Å². The second-order valence-corrected chi connectivity index (χ2v) is 7.64. The van der Waals surface area contributed by atoms with Crippen molar-refractivity contribution in [2.45, 2.75) is 39.2 Å². The first-order valence-corrected chi connectivity index (χ1v) is 9.81. The molecule has 7 heteroatoms. The summed E-state index contributed by atoms with van der Waals surface area (Å²) >= 11 is 0. The number of nitrogens with zero attached hydrogens (tertiary/aromatic N) is 6. The number of aromatic nitrogens is 5. The van der Waals surface area contributed by atoms with Crippen molar-refractivity contribution in [3.8, 4) is 0 Å². The minimum Gasteiger partial charge on any atom is -0.309 e. The maximum Gasteiger partial charge on any atom is 0.228 e. The molecular weight excluding hydrogens is 350 g/mol. The van der Waals surface area contributed by atoms with Crippen LogP contribution >= 0.6 is 0 Å². The van der Waals surface area contributed by atoms with Crippen molar-refractivity contribution in [2.24, 2.45) is 7.05 Å². The van der Waals surface area contributed by atoms with Crippen molar-refractivity contribution in [3.63, 3.8) is 0 Å². The topological polar surface area (TPSA) is 71.8 Å². The molecule has 0 spiro atoms. The van der Waals surface area contributed by atoms with E-state index in [9.17, 15) is 0 Å². The molecule has 4 rings (SSSR count). The maximum atomic E-state index is 4.86. The van der Waals surface area contributed by atoms with Gasteiger partial charge >= 0.3 is 0 Å². The normalized spacial score (nSPS) is 17.6. The summed E-state index contributed by atoms with van der Waals surface area (Å²) < 4.78 is 1.86. The van der Waals surface area contributed by atoms with E-state index in [0.29, 0.717) is 11.9 Å². The van der Waals surface area contributed by atoms with E-state index in [4.69, 9.17) is 4.98 Å². The number of pyridine rings is 1. The summed E-state index contributed by atoms with van der Waals surface area (Å²) in [6.45, 7) is 7.04. The van der Waals surface area contributed by atoms with Crippen molar-refractivity contribution < 1.29 is 0 Å². The van der Waals surface area contributed by atoms with E-state index in [1.807, 2.05) is 43.9 Å². The predicted octanol–water partition coefficient (Wildman–Crippen LogP) is 3.35. The lowest BCUT2D eigenvalue weighted by molar-refractivity contribution is 0.198. The van der Waals surface area contributed by atoms with Gasteiger partial charge in [-0.2, -0.15) is 5.10 Å². The molecule has 0 aromatic carbocycles. The number of aryl methyl sites for hydroxylation is 3. The summed E-state index contributed by atoms with van der Waals surface area (Å²) in [7, 11) is 1.96. The lowest BCUT2D eigenvalue weighted by Crippen LogP contribution is -2.34. The van der Waals surface area contributed by atoms with Gasteiger partial charge in [0.1, 0.15) is 5.82 Å². The smallest absolute Gasteiger partial charge is 0.228 e. The molecule has 1 saturated heterocycles. The van der Waals surface area contributed by atoms with E-state index < -0.39 is 0 Å². The lowest BCUT2D eigenvalue weighted by Gasteiger charge is -2.32. The maximum absolute atomic E-state index is 4.86. The van der Waals surface area contributed by atoms with Gasteiger partial charge in [-0.05, 0) is 51.4 Å². The molecule has 146 valence electrons. The average Bonchev–Trinajstić information content (AvgIpc) is 3.06. The molecule has 0 aliphatic carbocycles. The Labute approximate surface area is 165 Å². The Morgan fingerprint density at radius 3 is 2.71 bits per heavy atom. The molecule has 1 aliphatic rings. The van der Waals surface area contributed by atoms with Crippen LogP contribution < -0.4 is 5.32 Å². The first-order chi connectivity index (χ1) is 13.5. The van der Waals surface area contributed by atoms with Gasteiger partial charge in [-0.3, -0.25) is 9.58 Å². The Bertz CT molecular complexity index is 929. The summed E-state index contributed by atoms with van der Waals surface area (Å²) in [5.74, 6) is 1.84. The van der Waals surface area contributed by atoms with Gasteiger partial charge in [-0.15, -0.1) is 0 Å². The van der Waals surface area contributed by atoms with Crippen molar-refractivity contribution in [2.75, 3.05) is 18.4 Å². The Balaban J connectivity index is 1.45. The molecular formula is C21H27N7. The molecule has 3 aromatic rings. The van der Waals surface area contributed by atoms with Crippen LogP contribution in [-0.2, 0) is 13.6 Å². The molecule has 3 aromatic heterocycles. The zero-order valence-electron chi connectivity index (χ0n) is 16.8. The fourth-order valence-corrected chi connectivity index (χ4v) is 3.90. The van der Waals surface area contributed by atoms with Gasteiger partial charge in [0.05, 0.1) is 6.20 Å². The molecule has 1 aliphatic heterocycles. The van der Waals surface area contributed by atoms with Gasteiger partial charge in [0, 0.05) is 54.9 Å². The standard InChI is InChI=1S/C21H27N7/c1-15-10-16(2)24-21(23-15)26-20-8-4-7-19(25-20)18-6-5-9-28(14-18)13-17-11-22-27(3)12-17/h4,7-8,10-12,18H,5-6,9,13-14H2,1-3H3,(H,23,24,25,26)/t18-/m0/s1. The fraction of sp³-hybridized carbons (Fsp3) is 0.429. The summed E-state index contributed by atoms with van der Waals surface area (Å²) in [4.78, 5) is 16.3. The Morgan fingerprint density at radius 2 is 1.96 bits per heavy atom. The van der Waals surface area contributed by atoms with Crippen LogP contribution in [0.1, 0.15) is 41.4 Å². The highest BCUT2D eigenvalue weighted by atomic mass is 15.2. The van der Waals surface area contributed by atoms with E-state index in [1.54, 1.807) is 0 Å². The Kier molecular flexibility index (Phi) is 5.34. The van der Waals surface area contributed by atoms with Crippen LogP contribution in [0, 0.1) is 13.8 Å². The first-order valence-electron chi connectivity index (χ1n) is 9.81. The number of rotatable bonds is 5. The highest BCUT2D eigenvalue weighted by Crippen LogP contribution is 2.27. The zero-order chi connectivity index (χ0) is 19.5. The van der Waals surface area contributed by atoms with Crippen molar-refractivity contribution in [1.29, 1.82) is 0 Å². The highest BCUT2D eigenvalue weighted by Gasteiger charge is 2.23. The number of anilines is 2. The van der Waals surface area contributed by atoms with Gasteiger partial charge < -0.3 is 5.32 Å². The Hall–Kier alpha value is -2.80. The van der Waals surface area contributed by atoms with Crippen molar-refractivity contribution >= 4 is 11.8 Å². The second-order valence-electron chi connectivity index (χ2n) is 7.64. The van der Waals surface area contributed by atoms with E-state index in [-0.39, 0.29) is 0 Å². The summed E-state index contributed by atoms with van der Waals surface area (Å²) in [5, 5.41) is 7.54. The van der Waals surface area contributed by atoms with Crippen molar-refractivity contribution in [1.82, 2.24) is 29.6 Å². The van der Waals surface area contributed by atoms with Gasteiger partial charge in [-0.25, -0.2) is 15.0 Å². The van der Waals surface area contributed by atoms with Crippen LogP contribution in [-0.4, -0.2) is 42.7 Å². The number of nitrogens with one attached hydrogen (secondary N) is 1. The molecule has 1 N–H and O–H groups in total. The second kappa shape index (κ2) is 8.06. The van der Waals surface area contributed by atoms with E-state index in [2.05, 4.69) is 43.6 Å². The van der Waals surface area contributed by atoms with Crippen LogP contribution in [0.4, 0.5) is 11.8 Å². The monoisotopic (exact) mass is 377 g/mol. The third kappa shape index (κ3) is 4.54. The number of hydrogen-bond donors (Lipinski definition) is 1. The van der Waals surface area contributed by atoms with Crippen LogP contribution in [0.3, 0.4) is 0 Å². The van der Waals surface area contributed by atoms with Gasteiger partial charge in [0.15, 0.2) is 0 Å². The zero-order valence-corrected chi connectivity index (χ0v) is 16.8.